The van der Waals surface area contributed by atoms with Gasteiger partial charge in [0.1, 0.15) is 17.2 Å². The summed E-state index contributed by atoms with van der Waals surface area (Å²) in [5, 5.41) is 25.9. The third kappa shape index (κ3) is 4.67. The van der Waals surface area contributed by atoms with Crippen molar-refractivity contribution >= 4 is 23.3 Å². The Morgan fingerprint density at radius 2 is 1.61 bits per heavy atom. The lowest BCUT2D eigenvalue weighted by Crippen LogP contribution is -1.98. The standard InChI is InChI=1S/C19H14N4O5/c24-22(25)15-9-10-18(19(12-15)23(26)27)21-20-13-14-5-4-8-17(11-14)28-16-6-2-1-3-7-16/h1-13,21H. The molecule has 0 amide bonds. The molecule has 0 heterocycles. The number of nitro groups is 2. The molecule has 1 N–H and O–H groups in total. The molecule has 0 aliphatic heterocycles. The summed E-state index contributed by atoms with van der Waals surface area (Å²) >= 11 is 0. The van der Waals surface area contributed by atoms with Crippen molar-refractivity contribution in [2.24, 2.45) is 5.10 Å². The maximum absolute atomic E-state index is 11.1. The molecule has 9 heteroatoms. The van der Waals surface area contributed by atoms with E-state index in [0.29, 0.717) is 17.1 Å². The molecule has 0 fully saturated rings. The van der Waals surface area contributed by atoms with E-state index in [1.54, 1.807) is 24.3 Å². The number of para-hydroxylation sites is 1. The first-order valence-electron chi connectivity index (χ1n) is 8.08. The van der Waals surface area contributed by atoms with Crippen molar-refractivity contribution in [3.8, 4) is 11.5 Å². The summed E-state index contributed by atoms with van der Waals surface area (Å²) in [6.07, 6.45) is 1.46. The minimum Gasteiger partial charge on any atom is -0.457 e. The van der Waals surface area contributed by atoms with Crippen molar-refractivity contribution in [2.45, 2.75) is 0 Å². The molecule has 0 aromatic heterocycles. The summed E-state index contributed by atoms with van der Waals surface area (Å²) in [7, 11) is 0. The molecule has 0 saturated carbocycles. The molecule has 9 nitrogen and oxygen atoms in total. The molecule has 0 atom stereocenters. The van der Waals surface area contributed by atoms with E-state index in [2.05, 4.69) is 10.5 Å². The maximum atomic E-state index is 11.1. The largest absolute Gasteiger partial charge is 0.457 e. The summed E-state index contributed by atoms with van der Waals surface area (Å²) < 4.78 is 5.73. The number of nitro benzene ring substituents is 2. The topological polar surface area (TPSA) is 120 Å². The molecular formula is C19H14N4O5. The number of hydrogen-bond acceptors (Lipinski definition) is 7. The van der Waals surface area contributed by atoms with Crippen molar-refractivity contribution in [2.75, 3.05) is 5.43 Å². The summed E-state index contributed by atoms with van der Waals surface area (Å²) in [4.78, 5) is 20.5. The molecule has 28 heavy (non-hydrogen) atoms. The third-order valence-electron chi connectivity index (χ3n) is 3.62. The smallest absolute Gasteiger partial charge is 0.301 e. The average molecular weight is 378 g/mol. The molecule has 0 unspecified atom stereocenters. The zero-order chi connectivity index (χ0) is 19.9. The highest BCUT2D eigenvalue weighted by molar-refractivity contribution is 5.81. The van der Waals surface area contributed by atoms with Crippen LogP contribution < -0.4 is 10.2 Å². The monoisotopic (exact) mass is 378 g/mol. The summed E-state index contributed by atoms with van der Waals surface area (Å²) in [5.74, 6) is 1.30. The summed E-state index contributed by atoms with van der Waals surface area (Å²) in [6.45, 7) is 0. The Balaban J connectivity index is 1.74. The average Bonchev–Trinajstić information content (AvgIpc) is 2.69. The van der Waals surface area contributed by atoms with Gasteiger partial charge in [0.2, 0.25) is 0 Å². The lowest BCUT2D eigenvalue weighted by Gasteiger charge is -2.06. The van der Waals surface area contributed by atoms with Gasteiger partial charge in [-0.05, 0) is 35.9 Å². The number of benzene rings is 3. The van der Waals surface area contributed by atoms with Gasteiger partial charge in [0.15, 0.2) is 0 Å². The number of anilines is 1. The quantitative estimate of drug-likeness (QED) is 0.360. The summed E-state index contributed by atoms with van der Waals surface area (Å²) in [6, 6.07) is 19.7. The van der Waals surface area contributed by atoms with Crippen LogP contribution in [0.25, 0.3) is 0 Å². The van der Waals surface area contributed by atoms with Crippen molar-refractivity contribution in [1.29, 1.82) is 0 Å². The second-order valence-corrected chi connectivity index (χ2v) is 5.57. The molecule has 3 aromatic carbocycles. The van der Waals surface area contributed by atoms with E-state index in [-0.39, 0.29) is 11.4 Å². The van der Waals surface area contributed by atoms with Gasteiger partial charge in [0, 0.05) is 6.07 Å². The number of non-ortho nitro benzene ring substituents is 1. The van der Waals surface area contributed by atoms with Crippen LogP contribution in [0.5, 0.6) is 11.5 Å². The van der Waals surface area contributed by atoms with Crippen LogP contribution >= 0.6 is 0 Å². The molecule has 0 saturated heterocycles. The summed E-state index contributed by atoms with van der Waals surface area (Å²) in [5.41, 5.74) is 2.48. The molecule has 0 radical (unpaired) electrons. The van der Waals surface area contributed by atoms with Gasteiger partial charge >= 0.3 is 5.69 Å². The van der Waals surface area contributed by atoms with Crippen molar-refractivity contribution in [1.82, 2.24) is 0 Å². The highest BCUT2D eigenvalue weighted by Gasteiger charge is 2.19. The van der Waals surface area contributed by atoms with Crippen LogP contribution in [0.3, 0.4) is 0 Å². The van der Waals surface area contributed by atoms with Gasteiger partial charge in [0.05, 0.1) is 22.1 Å². The fourth-order valence-corrected chi connectivity index (χ4v) is 2.34. The van der Waals surface area contributed by atoms with E-state index in [4.69, 9.17) is 4.74 Å². The van der Waals surface area contributed by atoms with Crippen LogP contribution in [0.15, 0.2) is 77.9 Å². The molecule has 0 aliphatic carbocycles. The second kappa shape index (κ2) is 8.41. The van der Waals surface area contributed by atoms with Crippen LogP contribution in [0, 0.1) is 20.2 Å². The van der Waals surface area contributed by atoms with E-state index in [1.165, 1.54) is 18.3 Å². The van der Waals surface area contributed by atoms with E-state index in [9.17, 15) is 20.2 Å². The van der Waals surface area contributed by atoms with Crippen molar-refractivity contribution < 1.29 is 14.6 Å². The minimum absolute atomic E-state index is 0.0449. The van der Waals surface area contributed by atoms with Crippen molar-refractivity contribution in [3.63, 3.8) is 0 Å². The van der Waals surface area contributed by atoms with Gasteiger partial charge in [-0.1, -0.05) is 30.3 Å². The number of rotatable bonds is 7. The van der Waals surface area contributed by atoms with Gasteiger partial charge in [0.25, 0.3) is 5.69 Å². The molecule has 140 valence electrons. The molecule has 0 spiro atoms. The van der Waals surface area contributed by atoms with E-state index in [1.807, 2.05) is 30.3 Å². The van der Waals surface area contributed by atoms with E-state index < -0.39 is 15.5 Å². The van der Waals surface area contributed by atoms with Gasteiger partial charge in [-0.15, -0.1) is 0 Å². The van der Waals surface area contributed by atoms with E-state index in [0.717, 1.165) is 6.07 Å². The number of hydrogen-bond donors (Lipinski definition) is 1. The first kappa shape index (κ1) is 18.5. The van der Waals surface area contributed by atoms with Crippen LogP contribution in [0.1, 0.15) is 5.56 Å². The zero-order valence-electron chi connectivity index (χ0n) is 14.4. The van der Waals surface area contributed by atoms with Gasteiger partial charge in [-0.25, -0.2) is 0 Å². The highest BCUT2D eigenvalue weighted by atomic mass is 16.6. The van der Waals surface area contributed by atoms with Crippen LogP contribution in [0.4, 0.5) is 17.1 Å². The fourth-order valence-electron chi connectivity index (χ4n) is 2.34. The number of nitrogens with zero attached hydrogens (tertiary/aromatic N) is 3. The van der Waals surface area contributed by atoms with Crippen LogP contribution in [-0.4, -0.2) is 16.1 Å². The number of hydrazone groups is 1. The van der Waals surface area contributed by atoms with Crippen LogP contribution in [0.2, 0.25) is 0 Å². The lowest BCUT2D eigenvalue weighted by molar-refractivity contribution is -0.393. The molecule has 0 aliphatic rings. The Morgan fingerprint density at radius 3 is 2.32 bits per heavy atom. The predicted octanol–water partition coefficient (Wildman–Crippen LogP) is 4.74. The second-order valence-electron chi connectivity index (χ2n) is 5.57. The first-order chi connectivity index (χ1) is 13.5. The number of ether oxygens (including phenoxy) is 1. The third-order valence-corrected chi connectivity index (χ3v) is 3.62. The fraction of sp³-hybridized carbons (Fsp3) is 0. The maximum Gasteiger partial charge on any atom is 0.301 e. The number of nitrogens with one attached hydrogen (secondary N) is 1. The van der Waals surface area contributed by atoms with Crippen molar-refractivity contribution in [3.05, 3.63) is 98.6 Å². The Kier molecular flexibility index (Phi) is 5.56. The van der Waals surface area contributed by atoms with Gasteiger partial charge < -0.3 is 4.74 Å². The Hall–Kier alpha value is -4.27. The zero-order valence-corrected chi connectivity index (χ0v) is 14.4. The van der Waals surface area contributed by atoms with Gasteiger partial charge in [-0.2, -0.15) is 5.10 Å². The Labute approximate surface area is 159 Å². The van der Waals surface area contributed by atoms with Gasteiger partial charge in [-0.3, -0.25) is 25.7 Å². The molecule has 3 rings (SSSR count). The Bertz CT molecular complexity index is 1040. The van der Waals surface area contributed by atoms with E-state index >= 15 is 0 Å². The first-order valence-corrected chi connectivity index (χ1v) is 8.08. The van der Waals surface area contributed by atoms with Crippen LogP contribution in [-0.2, 0) is 0 Å². The predicted molar refractivity (Wildman–Crippen MR) is 104 cm³/mol. The molecular weight excluding hydrogens is 364 g/mol. The molecule has 3 aromatic rings. The lowest BCUT2D eigenvalue weighted by atomic mass is 10.2. The normalized spacial score (nSPS) is 10.6. The minimum atomic E-state index is -0.709. The Morgan fingerprint density at radius 1 is 0.857 bits per heavy atom. The highest BCUT2D eigenvalue weighted by Crippen LogP contribution is 2.29. The molecule has 0 bridgehead atoms. The SMILES string of the molecule is O=[N+]([O-])c1ccc(NN=Cc2cccc(Oc3ccccc3)c2)c([N+](=O)[O-])c1.